The number of carbonyl (C=O) groups is 1. The lowest BCUT2D eigenvalue weighted by Crippen LogP contribution is -2.43. The molecule has 0 atom stereocenters. The summed E-state index contributed by atoms with van der Waals surface area (Å²) in [7, 11) is 0. The third kappa shape index (κ3) is 5.34. The van der Waals surface area contributed by atoms with Crippen molar-refractivity contribution in [1.29, 1.82) is 0 Å². The molecule has 5 rings (SSSR count). The quantitative estimate of drug-likeness (QED) is 0.330. The van der Waals surface area contributed by atoms with Crippen molar-refractivity contribution in [2.24, 2.45) is 0 Å². The lowest BCUT2D eigenvalue weighted by molar-refractivity contribution is 0.0952. The molecule has 0 unspecified atom stereocenters. The zero-order valence-electron chi connectivity index (χ0n) is 23.5. The highest BCUT2D eigenvalue weighted by molar-refractivity contribution is 6.09. The van der Waals surface area contributed by atoms with Crippen LogP contribution in [0.3, 0.4) is 0 Å². The number of carbonyl (C=O) groups excluding carboxylic acids is 1. The van der Waals surface area contributed by atoms with Crippen molar-refractivity contribution < 1.29 is 4.79 Å². The molecule has 3 N–H and O–H groups in total. The monoisotopic (exact) mass is 526 g/mol. The third-order valence-electron chi connectivity index (χ3n) is 7.62. The van der Waals surface area contributed by atoms with Gasteiger partial charge in [-0.25, -0.2) is 4.98 Å². The van der Waals surface area contributed by atoms with Crippen molar-refractivity contribution in [2.45, 2.75) is 53.6 Å². The molecule has 4 aromatic rings. The molecule has 8 nitrogen and oxygen atoms in total. The molecule has 3 aromatic heterocycles. The number of anilines is 1. The molecule has 39 heavy (non-hydrogen) atoms. The van der Waals surface area contributed by atoms with Crippen LogP contribution in [-0.4, -0.2) is 46.6 Å². The summed E-state index contributed by atoms with van der Waals surface area (Å²) in [5.74, 6) is 0.773. The summed E-state index contributed by atoms with van der Waals surface area (Å²) in [4.78, 5) is 36.3. The van der Waals surface area contributed by atoms with Crippen molar-refractivity contribution in [3.63, 3.8) is 0 Å². The first kappa shape index (κ1) is 26.7. The van der Waals surface area contributed by atoms with Gasteiger partial charge < -0.3 is 25.1 Å². The highest BCUT2D eigenvalue weighted by Crippen LogP contribution is 2.33. The van der Waals surface area contributed by atoms with Crippen LogP contribution in [0.5, 0.6) is 0 Å². The molecule has 1 aromatic carbocycles. The predicted octanol–water partition coefficient (Wildman–Crippen LogP) is 4.49. The van der Waals surface area contributed by atoms with Crippen LogP contribution in [0.15, 0.2) is 47.5 Å². The number of hydrogen-bond donors (Lipinski definition) is 3. The molecular weight excluding hydrogens is 488 g/mol. The maximum Gasteiger partial charge on any atom is 0.253 e. The van der Waals surface area contributed by atoms with Crippen molar-refractivity contribution in [3.8, 4) is 11.1 Å². The second-order valence-corrected chi connectivity index (χ2v) is 10.7. The van der Waals surface area contributed by atoms with Gasteiger partial charge in [-0.1, -0.05) is 6.92 Å². The van der Waals surface area contributed by atoms with E-state index in [0.29, 0.717) is 11.1 Å². The summed E-state index contributed by atoms with van der Waals surface area (Å²) >= 11 is 0. The molecule has 1 aliphatic rings. The molecule has 1 aliphatic heterocycles. The van der Waals surface area contributed by atoms with Crippen LogP contribution >= 0.6 is 0 Å². The molecule has 0 aliphatic carbocycles. The smallest absolute Gasteiger partial charge is 0.253 e. The number of benzene rings is 1. The topological polar surface area (TPSA) is 95.1 Å². The van der Waals surface area contributed by atoms with Gasteiger partial charge >= 0.3 is 0 Å². The van der Waals surface area contributed by atoms with Gasteiger partial charge in [-0.15, -0.1) is 0 Å². The van der Waals surface area contributed by atoms with Crippen molar-refractivity contribution in [1.82, 2.24) is 25.2 Å². The summed E-state index contributed by atoms with van der Waals surface area (Å²) in [6, 6.07) is 10.5. The number of nitrogens with one attached hydrogen (secondary N) is 3. The minimum absolute atomic E-state index is 0.149. The van der Waals surface area contributed by atoms with E-state index in [1.165, 1.54) is 0 Å². The van der Waals surface area contributed by atoms with Crippen molar-refractivity contribution in [3.05, 3.63) is 81.0 Å². The number of fused-ring (bicyclic) bond motifs is 1. The molecule has 0 radical (unpaired) electrons. The van der Waals surface area contributed by atoms with Gasteiger partial charge in [0.1, 0.15) is 5.82 Å². The van der Waals surface area contributed by atoms with E-state index in [1.807, 2.05) is 39.1 Å². The number of rotatable bonds is 7. The predicted molar refractivity (Wildman–Crippen MR) is 158 cm³/mol. The van der Waals surface area contributed by atoms with E-state index in [9.17, 15) is 9.59 Å². The van der Waals surface area contributed by atoms with Crippen LogP contribution in [0.1, 0.15) is 59.6 Å². The zero-order valence-corrected chi connectivity index (χ0v) is 23.5. The minimum atomic E-state index is -0.195. The fourth-order valence-corrected chi connectivity index (χ4v) is 5.56. The summed E-state index contributed by atoms with van der Waals surface area (Å²) in [5, 5.41) is 7.35. The minimum Gasteiger partial charge on any atom is -0.354 e. The number of H-pyrrole nitrogens is 1. The molecule has 1 saturated heterocycles. The number of aromatic amines is 1. The normalized spacial score (nSPS) is 13.8. The van der Waals surface area contributed by atoms with E-state index in [1.54, 1.807) is 0 Å². The summed E-state index contributed by atoms with van der Waals surface area (Å²) in [6.07, 6.45) is 4.74. The van der Waals surface area contributed by atoms with Gasteiger partial charge in [-0.3, -0.25) is 9.59 Å². The lowest BCUT2D eigenvalue weighted by atomic mass is 9.98. The molecule has 1 amide bonds. The average molecular weight is 527 g/mol. The maximum atomic E-state index is 13.7. The number of aryl methyl sites for hydroxylation is 3. The SMILES string of the molecule is CCc1cc(C)[nH]c(=O)c1CNC(=O)c1cc(-c2ccc(N3CCNCC3)nc2)cc2c1c(C)cn2C(C)C. The van der Waals surface area contributed by atoms with E-state index in [2.05, 4.69) is 63.3 Å². The van der Waals surface area contributed by atoms with Crippen LogP contribution in [0.2, 0.25) is 0 Å². The molecule has 0 bridgehead atoms. The number of pyridine rings is 2. The molecule has 0 saturated carbocycles. The number of aromatic nitrogens is 3. The number of hydrogen-bond acceptors (Lipinski definition) is 5. The van der Waals surface area contributed by atoms with Gasteiger partial charge in [0.25, 0.3) is 11.5 Å². The highest BCUT2D eigenvalue weighted by Gasteiger charge is 2.20. The molecule has 1 fully saturated rings. The molecular formula is C31H38N6O2. The van der Waals surface area contributed by atoms with Crippen LogP contribution < -0.4 is 21.1 Å². The number of amides is 1. The Morgan fingerprint density at radius 3 is 2.54 bits per heavy atom. The zero-order chi connectivity index (χ0) is 27.7. The molecule has 0 spiro atoms. The second-order valence-electron chi connectivity index (χ2n) is 10.7. The first-order chi connectivity index (χ1) is 18.8. The Labute approximate surface area is 229 Å². The van der Waals surface area contributed by atoms with E-state index < -0.39 is 0 Å². The highest BCUT2D eigenvalue weighted by atomic mass is 16.1. The first-order valence-corrected chi connectivity index (χ1v) is 13.8. The summed E-state index contributed by atoms with van der Waals surface area (Å²) in [6.45, 7) is 14.2. The first-order valence-electron chi connectivity index (χ1n) is 13.8. The number of piperazine rings is 1. The van der Waals surface area contributed by atoms with Crippen LogP contribution in [-0.2, 0) is 13.0 Å². The van der Waals surface area contributed by atoms with E-state index >= 15 is 0 Å². The second kappa shape index (κ2) is 11.1. The van der Waals surface area contributed by atoms with Crippen molar-refractivity contribution >= 4 is 22.6 Å². The van der Waals surface area contributed by atoms with Gasteiger partial charge in [-0.2, -0.15) is 0 Å². The van der Waals surface area contributed by atoms with Crippen molar-refractivity contribution in [2.75, 3.05) is 31.1 Å². The van der Waals surface area contributed by atoms with Gasteiger partial charge in [0.2, 0.25) is 0 Å². The molecule has 8 heteroatoms. The third-order valence-corrected chi connectivity index (χ3v) is 7.62. The fourth-order valence-electron chi connectivity index (χ4n) is 5.56. The molecule has 4 heterocycles. The Morgan fingerprint density at radius 1 is 1.10 bits per heavy atom. The van der Waals surface area contributed by atoms with Crippen LogP contribution in [0.25, 0.3) is 22.0 Å². The van der Waals surface area contributed by atoms with Gasteiger partial charge in [0, 0.05) is 84.4 Å². The Morgan fingerprint density at radius 2 is 1.87 bits per heavy atom. The fraction of sp³-hybridized carbons (Fsp3) is 0.387. The van der Waals surface area contributed by atoms with E-state index in [4.69, 9.17) is 4.98 Å². The summed E-state index contributed by atoms with van der Waals surface area (Å²) < 4.78 is 2.22. The Bertz CT molecular complexity index is 1560. The average Bonchev–Trinajstić information content (AvgIpc) is 3.28. The molecule has 204 valence electrons. The van der Waals surface area contributed by atoms with E-state index in [0.717, 1.165) is 77.3 Å². The van der Waals surface area contributed by atoms with Gasteiger partial charge in [0.15, 0.2) is 0 Å². The Balaban J connectivity index is 1.53. The van der Waals surface area contributed by atoms with Crippen LogP contribution in [0, 0.1) is 13.8 Å². The Hall–Kier alpha value is -3.91. The van der Waals surface area contributed by atoms with Gasteiger partial charge in [0.05, 0.1) is 0 Å². The lowest BCUT2D eigenvalue weighted by Gasteiger charge is -2.28. The summed E-state index contributed by atoms with van der Waals surface area (Å²) in [5.41, 5.74) is 6.79. The van der Waals surface area contributed by atoms with Crippen LogP contribution in [0.4, 0.5) is 5.82 Å². The number of nitrogens with zero attached hydrogens (tertiary/aromatic N) is 3. The standard InChI is InChI=1S/C31H38N6O2/c1-6-22-13-21(5)35-31(39)26(22)17-34-30(38)25-14-24(15-27-29(25)20(4)18-37(27)19(2)3)23-7-8-28(33-16-23)36-11-9-32-10-12-36/h7-8,13-16,18-19,32H,6,9-12,17H2,1-5H3,(H,34,38)(H,35,39). The van der Waals surface area contributed by atoms with E-state index in [-0.39, 0.29) is 24.1 Å². The van der Waals surface area contributed by atoms with Gasteiger partial charge in [-0.05, 0) is 81.1 Å². The largest absolute Gasteiger partial charge is 0.354 e. The Kier molecular flexibility index (Phi) is 7.57. The maximum absolute atomic E-state index is 13.7.